The van der Waals surface area contributed by atoms with Crippen molar-refractivity contribution < 1.29 is 9.15 Å². The van der Waals surface area contributed by atoms with Gasteiger partial charge in [0, 0.05) is 5.56 Å². The van der Waals surface area contributed by atoms with E-state index in [1.807, 2.05) is 0 Å². The summed E-state index contributed by atoms with van der Waals surface area (Å²) < 4.78 is 10.2. The molecular formula is C13H20O3. The van der Waals surface area contributed by atoms with Gasteiger partial charge in [0.1, 0.15) is 12.0 Å². The van der Waals surface area contributed by atoms with Crippen LogP contribution in [0.3, 0.4) is 0 Å². The molecule has 0 fully saturated rings. The summed E-state index contributed by atoms with van der Waals surface area (Å²) in [7, 11) is 1.59. The van der Waals surface area contributed by atoms with E-state index in [0.717, 1.165) is 18.4 Å². The summed E-state index contributed by atoms with van der Waals surface area (Å²) in [5.74, 6) is 1.38. The van der Waals surface area contributed by atoms with Crippen LogP contribution in [0.15, 0.2) is 15.5 Å². The van der Waals surface area contributed by atoms with Crippen LogP contribution in [0.4, 0.5) is 0 Å². The van der Waals surface area contributed by atoms with Crippen molar-refractivity contribution in [1.82, 2.24) is 0 Å². The lowest BCUT2D eigenvalue weighted by Crippen LogP contribution is -2.07. The molecule has 0 aromatic carbocycles. The summed E-state index contributed by atoms with van der Waals surface area (Å²) in [4.78, 5) is 11.3. The highest BCUT2D eigenvalue weighted by molar-refractivity contribution is 5.36. The Morgan fingerprint density at radius 2 is 2.12 bits per heavy atom. The van der Waals surface area contributed by atoms with E-state index in [1.54, 1.807) is 14.0 Å². The zero-order valence-corrected chi connectivity index (χ0v) is 10.5. The Balaban J connectivity index is 2.80. The Morgan fingerprint density at radius 3 is 2.69 bits per heavy atom. The first-order valence-corrected chi connectivity index (χ1v) is 5.71. The second kappa shape index (κ2) is 5.73. The van der Waals surface area contributed by atoms with Gasteiger partial charge in [-0.25, -0.2) is 4.79 Å². The number of aryl methyl sites for hydroxylation is 1. The molecule has 1 rings (SSSR count). The molecule has 3 heteroatoms. The summed E-state index contributed by atoms with van der Waals surface area (Å²) >= 11 is 0. The predicted molar refractivity (Wildman–Crippen MR) is 64.0 cm³/mol. The standard InChI is InChI=1S/C13H20O3/c1-9(2)6-5-7-11-8-16-13(14)10(3)12(11)15-4/h8-9H,5-7H2,1-4H3. The minimum Gasteiger partial charge on any atom is -0.496 e. The van der Waals surface area contributed by atoms with Crippen LogP contribution in [0.1, 0.15) is 37.8 Å². The smallest absolute Gasteiger partial charge is 0.342 e. The zero-order valence-electron chi connectivity index (χ0n) is 10.5. The molecule has 1 aromatic heterocycles. The number of ether oxygens (including phenoxy) is 1. The molecule has 0 saturated carbocycles. The molecular weight excluding hydrogens is 204 g/mol. The second-order valence-corrected chi connectivity index (χ2v) is 4.49. The lowest BCUT2D eigenvalue weighted by atomic mass is 10.0. The molecule has 0 saturated heterocycles. The van der Waals surface area contributed by atoms with Crippen molar-refractivity contribution in [3.63, 3.8) is 0 Å². The fourth-order valence-electron chi connectivity index (χ4n) is 1.76. The van der Waals surface area contributed by atoms with Gasteiger partial charge in [-0.2, -0.15) is 0 Å². The molecule has 1 aromatic rings. The van der Waals surface area contributed by atoms with E-state index < -0.39 is 0 Å². The van der Waals surface area contributed by atoms with Crippen LogP contribution in [0.5, 0.6) is 5.75 Å². The summed E-state index contributed by atoms with van der Waals surface area (Å²) in [5.41, 5.74) is 1.23. The first kappa shape index (κ1) is 12.8. The molecule has 0 radical (unpaired) electrons. The third kappa shape index (κ3) is 3.12. The lowest BCUT2D eigenvalue weighted by molar-refractivity contribution is 0.387. The van der Waals surface area contributed by atoms with Gasteiger partial charge in [-0.15, -0.1) is 0 Å². The molecule has 0 aliphatic heterocycles. The Morgan fingerprint density at radius 1 is 1.44 bits per heavy atom. The van der Waals surface area contributed by atoms with Crippen LogP contribution in [0.2, 0.25) is 0 Å². The zero-order chi connectivity index (χ0) is 12.1. The Hall–Kier alpha value is -1.25. The quantitative estimate of drug-likeness (QED) is 0.772. The molecule has 0 atom stereocenters. The van der Waals surface area contributed by atoms with E-state index in [4.69, 9.17) is 9.15 Å². The summed E-state index contributed by atoms with van der Waals surface area (Å²) in [6, 6.07) is 0. The van der Waals surface area contributed by atoms with Crippen LogP contribution in [-0.4, -0.2) is 7.11 Å². The van der Waals surface area contributed by atoms with E-state index in [-0.39, 0.29) is 5.63 Å². The van der Waals surface area contributed by atoms with Gasteiger partial charge in [0.05, 0.1) is 12.7 Å². The number of hydrogen-bond donors (Lipinski definition) is 0. The predicted octanol–water partition coefficient (Wildman–Crippen LogP) is 2.94. The van der Waals surface area contributed by atoms with E-state index in [2.05, 4.69) is 13.8 Å². The Kier molecular flexibility index (Phi) is 4.59. The molecule has 0 spiro atoms. The van der Waals surface area contributed by atoms with Crippen molar-refractivity contribution in [2.24, 2.45) is 5.92 Å². The third-order valence-electron chi connectivity index (χ3n) is 2.68. The number of hydrogen-bond acceptors (Lipinski definition) is 3. The van der Waals surface area contributed by atoms with Gasteiger partial charge < -0.3 is 9.15 Å². The van der Waals surface area contributed by atoms with E-state index >= 15 is 0 Å². The molecule has 16 heavy (non-hydrogen) atoms. The van der Waals surface area contributed by atoms with Crippen molar-refractivity contribution >= 4 is 0 Å². The molecule has 0 amide bonds. The topological polar surface area (TPSA) is 39.4 Å². The van der Waals surface area contributed by atoms with Crippen LogP contribution in [-0.2, 0) is 6.42 Å². The average molecular weight is 224 g/mol. The average Bonchev–Trinajstić information content (AvgIpc) is 2.23. The van der Waals surface area contributed by atoms with E-state index in [0.29, 0.717) is 17.2 Å². The van der Waals surface area contributed by atoms with Crippen molar-refractivity contribution in [2.75, 3.05) is 7.11 Å². The van der Waals surface area contributed by atoms with Gasteiger partial charge in [-0.3, -0.25) is 0 Å². The van der Waals surface area contributed by atoms with E-state index in [1.165, 1.54) is 12.7 Å². The first-order valence-electron chi connectivity index (χ1n) is 5.71. The largest absolute Gasteiger partial charge is 0.496 e. The minimum atomic E-state index is -0.315. The highest BCUT2D eigenvalue weighted by atomic mass is 16.5. The fraction of sp³-hybridized carbons (Fsp3) is 0.615. The van der Waals surface area contributed by atoms with Gasteiger partial charge in [0.15, 0.2) is 0 Å². The van der Waals surface area contributed by atoms with Crippen molar-refractivity contribution in [2.45, 2.75) is 40.0 Å². The summed E-state index contributed by atoms with van der Waals surface area (Å²) in [5, 5.41) is 0. The Bertz CT molecular complexity index is 391. The molecule has 0 aliphatic rings. The maximum Gasteiger partial charge on any atom is 0.342 e. The van der Waals surface area contributed by atoms with Gasteiger partial charge in [-0.05, 0) is 25.7 Å². The summed E-state index contributed by atoms with van der Waals surface area (Å²) in [6.07, 6.45) is 4.67. The van der Waals surface area contributed by atoms with Gasteiger partial charge in [0.25, 0.3) is 0 Å². The normalized spacial score (nSPS) is 10.8. The molecule has 0 N–H and O–H groups in total. The minimum absolute atomic E-state index is 0.315. The lowest BCUT2D eigenvalue weighted by Gasteiger charge is -2.10. The highest BCUT2D eigenvalue weighted by Crippen LogP contribution is 2.22. The van der Waals surface area contributed by atoms with Gasteiger partial charge in [0.2, 0.25) is 0 Å². The SMILES string of the molecule is COc1c(CCCC(C)C)coc(=O)c1C. The van der Waals surface area contributed by atoms with Crippen LogP contribution < -0.4 is 10.4 Å². The third-order valence-corrected chi connectivity index (χ3v) is 2.68. The van der Waals surface area contributed by atoms with Crippen LogP contribution in [0, 0.1) is 12.8 Å². The monoisotopic (exact) mass is 224 g/mol. The summed E-state index contributed by atoms with van der Waals surface area (Å²) in [6.45, 7) is 6.14. The maximum absolute atomic E-state index is 11.3. The Labute approximate surface area is 96.4 Å². The van der Waals surface area contributed by atoms with Gasteiger partial charge >= 0.3 is 5.63 Å². The van der Waals surface area contributed by atoms with Crippen molar-refractivity contribution in [1.29, 1.82) is 0 Å². The molecule has 0 unspecified atom stereocenters. The molecule has 0 aliphatic carbocycles. The maximum atomic E-state index is 11.3. The fourth-order valence-corrected chi connectivity index (χ4v) is 1.76. The first-order chi connectivity index (χ1) is 7.56. The van der Waals surface area contributed by atoms with Crippen LogP contribution in [0.25, 0.3) is 0 Å². The molecule has 0 bridgehead atoms. The van der Waals surface area contributed by atoms with Crippen molar-refractivity contribution in [3.05, 3.63) is 27.8 Å². The molecule has 3 nitrogen and oxygen atoms in total. The molecule has 1 heterocycles. The second-order valence-electron chi connectivity index (χ2n) is 4.49. The number of rotatable bonds is 5. The highest BCUT2D eigenvalue weighted by Gasteiger charge is 2.11. The van der Waals surface area contributed by atoms with Crippen LogP contribution >= 0.6 is 0 Å². The molecule has 90 valence electrons. The van der Waals surface area contributed by atoms with E-state index in [9.17, 15) is 4.79 Å². The van der Waals surface area contributed by atoms with Crippen molar-refractivity contribution in [3.8, 4) is 5.75 Å². The van der Waals surface area contributed by atoms with Gasteiger partial charge in [-0.1, -0.05) is 20.3 Å². The number of methoxy groups -OCH3 is 1.